The van der Waals surface area contributed by atoms with Gasteiger partial charge in [-0.15, -0.1) is 0 Å². The maximum Gasteiger partial charge on any atom is 0.0768 e. The van der Waals surface area contributed by atoms with Gasteiger partial charge in [0.05, 0.1) is 4.99 Å². The van der Waals surface area contributed by atoms with Gasteiger partial charge < -0.3 is 5.73 Å². The molecule has 2 nitrogen and oxygen atoms in total. The first kappa shape index (κ1) is 14.1. The summed E-state index contributed by atoms with van der Waals surface area (Å²) in [6, 6.07) is 8.50. The molecule has 94 valence electrons. The zero-order valence-electron chi connectivity index (χ0n) is 10.9. The molecule has 0 heterocycles. The molecule has 1 aromatic rings. The van der Waals surface area contributed by atoms with Crippen LogP contribution in [-0.2, 0) is 6.54 Å². The van der Waals surface area contributed by atoms with E-state index in [9.17, 15) is 0 Å². The monoisotopic (exact) mass is 250 g/mol. The molecule has 0 aliphatic carbocycles. The molecule has 3 heteroatoms. The van der Waals surface area contributed by atoms with Crippen molar-refractivity contribution >= 4 is 17.2 Å². The van der Waals surface area contributed by atoms with Crippen LogP contribution < -0.4 is 5.73 Å². The van der Waals surface area contributed by atoms with Crippen LogP contribution in [0, 0.1) is 12.8 Å². The molecule has 0 fully saturated rings. The molecule has 0 aliphatic rings. The average molecular weight is 250 g/mol. The minimum Gasteiger partial charge on any atom is -0.393 e. The number of thiocarbonyl (C=S) groups is 1. The summed E-state index contributed by atoms with van der Waals surface area (Å²) in [5, 5.41) is 0. The summed E-state index contributed by atoms with van der Waals surface area (Å²) in [7, 11) is 0. The third-order valence-corrected chi connectivity index (χ3v) is 3.52. The van der Waals surface area contributed by atoms with E-state index in [1.807, 2.05) is 0 Å². The van der Waals surface area contributed by atoms with Gasteiger partial charge >= 0.3 is 0 Å². The van der Waals surface area contributed by atoms with Crippen LogP contribution in [0.3, 0.4) is 0 Å². The van der Waals surface area contributed by atoms with Crippen molar-refractivity contribution in [1.82, 2.24) is 4.90 Å². The van der Waals surface area contributed by atoms with Crippen LogP contribution in [0.25, 0.3) is 0 Å². The fraction of sp³-hybridized carbons (Fsp3) is 0.500. The predicted octanol–water partition coefficient (Wildman–Crippen LogP) is 2.74. The highest BCUT2D eigenvalue weighted by atomic mass is 32.1. The van der Waals surface area contributed by atoms with Crippen molar-refractivity contribution in [3.8, 4) is 0 Å². The molecule has 0 aliphatic heterocycles. The van der Waals surface area contributed by atoms with Crippen molar-refractivity contribution in [2.24, 2.45) is 11.7 Å². The summed E-state index contributed by atoms with van der Waals surface area (Å²) >= 11 is 5.03. The fourth-order valence-corrected chi connectivity index (χ4v) is 1.89. The molecule has 0 saturated heterocycles. The second-order valence-electron chi connectivity index (χ2n) is 4.56. The molecule has 0 saturated carbocycles. The van der Waals surface area contributed by atoms with E-state index in [4.69, 9.17) is 18.0 Å². The van der Waals surface area contributed by atoms with Gasteiger partial charge in [-0.25, -0.2) is 0 Å². The van der Waals surface area contributed by atoms with Crippen molar-refractivity contribution in [3.63, 3.8) is 0 Å². The zero-order chi connectivity index (χ0) is 12.8. The third kappa shape index (κ3) is 4.44. The molecule has 0 amide bonds. The molecule has 0 spiro atoms. The number of hydrogen-bond acceptors (Lipinski definition) is 2. The summed E-state index contributed by atoms with van der Waals surface area (Å²) in [4.78, 5) is 2.99. The van der Waals surface area contributed by atoms with Crippen LogP contribution in [0.4, 0.5) is 0 Å². The summed E-state index contributed by atoms with van der Waals surface area (Å²) in [6.45, 7) is 9.32. The van der Waals surface area contributed by atoms with E-state index in [2.05, 4.69) is 49.9 Å². The van der Waals surface area contributed by atoms with Crippen LogP contribution in [-0.4, -0.2) is 23.0 Å². The Bertz CT molecular complexity index is 376. The van der Waals surface area contributed by atoms with Crippen LogP contribution in [0.5, 0.6) is 0 Å². The van der Waals surface area contributed by atoms with Crippen molar-refractivity contribution in [3.05, 3.63) is 35.4 Å². The minimum absolute atomic E-state index is 0.272. The highest BCUT2D eigenvalue weighted by Gasteiger charge is 2.11. The molecule has 17 heavy (non-hydrogen) atoms. The number of nitrogens with two attached hydrogens (primary N) is 1. The lowest BCUT2D eigenvalue weighted by Crippen LogP contribution is -2.33. The Balaban J connectivity index is 2.64. The van der Waals surface area contributed by atoms with Gasteiger partial charge in [0.2, 0.25) is 0 Å². The van der Waals surface area contributed by atoms with Gasteiger partial charge in [0, 0.05) is 19.0 Å². The first-order valence-corrected chi connectivity index (χ1v) is 6.51. The largest absolute Gasteiger partial charge is 0.393 e. The molecular weight excluding hydrogens is 228 g/mol. The number of nitrogens with zero attached hydrogens (tertiary/aromatic N) is 1. The molecular formula is C14H22N2S. The van der Waals surface area contributed by atoms with E-state index in [1.54, 1.807) is 0 Å². The quantitative estimate of drug-likeness (QED) is 0.787. The Morgan fingerprint density at radius 3 is 2.59 bits per heavy atom. The van der Waals surface area contributed by atoms with Gasteiger partial charge in [0.25, 0.3) is 0 Å². The van der Waals surface area contributed by atoms with Gasteiger partial charge in [-0.2, -0.15) is 0 Å². The third-order valence-electron chi connectivity index (χ3n) is 3.12. The lowest BCUT2D eigenvalue weighted by atomic mass is 10.1. The van der Waals surface area contributed by atoms with Crippen LogP contribution in [0.2, 0.25) is 0 Å². The lowest BCUT2D eigenvalue weighted by Gasteiger charge is -2.24. The van der Waals surface area contributed by atoms with Crippen LogP contribution in [0.1, 0.15) is 25.0 Å². The molecule has 1 rings (SSSR count). The molecule has 0 radical (unpaired) electrons. The molecule has 0 aromatic heterocycles. The second-order valence-corrected chi connectivity index (χ2v) is 5.03. The highest BCUT2D eigenvalue weighted by Crippen LogP contribution is 2.11. The van der Waals surface area contributed by atoms with E-state index in [0.29, 0.717) is 4.99 Å². The Morgan fingerprint density at radius 1 is 1.41 bits per heavy atom. The first-order valence-electron chi connectivity index (χ1n) is 6.10. The Morgan fingerprint density at radius 2 is 2.06 bits per heavy atom. The Kier molecular flexibility index (Phi) is 5.59. The second kappa shape index (κ2) is 6.72. The van der Waals surface area contributed by atoms with E-state index >= 15 is 0 Å². The van der Waals surface area contributed by atoms with Crippen LogP contribution >= 0.6 is 12.2 Å². The van der Waals surface area contributed by atoms with Crippen molar-refractivity contribution in [2.75, 3.05) is 13.1 Å². The fourth-order valence-electron chi connectivity index (χ4n) is 1.81. The summed E-state index contributed by atoms with van der Waals surface area (Å²) in [5.41, 5.74) is 8.39. The van der Waals surface area contributed by atoms with Gasteiger partial charge in [-0.1, -0.05) is 50.3 Å². The average Bonchev–Trinajstić information content (AvgIpc) is 2.30. The number of benzene rings is 1. The molecule has 2 N–H and O–H groups in total. The number of rotatable bonds is 6. The van der Waals surface area contributed by atoms with Crippen molar-refractivity contribution in [2.45, 2.75) is 27.3 Å². The molecule has 1 aromatic carbocycles. The Labute approximate surface area is 110 Å². The van der Waals surface area contributed by atoms with Gasteiger partial charge in [0.1, 0.15) is 0 Å². The zero-order valence-corrected chi connectivity index (χ0v) is 11.8. The number of aryl methyl sites for hydroxylation is 1. The Hall–Kier alpha value is -0.930. The van der Waals surface area contributed by atoms with E-state index in [0.717, 1.165) is 19.6 Å². The number of hydrogen-bond donors (Lipinski definition) is 1. The first-order chi connectivity index (χ1) is 8.04. The van der Waals surface area contributed by atoms with Gasteiger partial charge in [-0.3, -0.25) is 4.90 Å². The standard InChI is InChI=1S/C14H22N2S/c1-4-16(9-12(3)14(15)17)10-13-8-6-5-7-11(13)2/h5-8,12H,4,9-10H2,1-3H3,(H2,15,17). The summed E-state index contributed by atoms with van der Waals surface area (Å²) < 4.78 is 0. The van der Waals surface area contributed by atoms with Crippen molar-refractivity contribution < 1.29 is 0 Å². The summed E-state index contributed by atoms with van der Waals surface area (Å²) in [6.07, 6.45) is 0. The van der Waals surface area contributed by atoms with E-state index < -0.39 is 0 Å². The summed E-state index contributed by atoms with van der Waals surface area (Å²) in [5.74, 6) is 0.272. The van der Waals surface area contributed by atoms with Gasteiger partial charge in [0.15, 0.2) is 0 Å². The normalized spacial score (nSPS) is 12.7. The van der Waals surface area contributed by atoms with Crippen LogP contribution in [0.15, 0.2) is 24.3 Å². The molecule has 0 bridgehead atoms. The van der Waals surface area contributed by atoms with E-state index in [1.165, 1.54) is 11.1 Å². The van der Waals surface area contributed by atoms with Gasteiger partial charge in [-0.05, 0) is 24.6 Å². The highest BCUT2D eigenvalue weighted by molar-refractivity contribution is 7.80. The predicted molar refractivity (Wildman–Crippen MR) is 78.1 cm³/mol. The molecule has 1 atom stereocenters. The lowest BCUT2D eigenvalue weighted by molar-refractivity contribution is 0.263. The minimum atomic E-state index is 0.272. The maximum absolute atomic E-state index is 5.67. The maximum atomic E-state index is 5.67. The van der Waals surface area contributed by atoms with E-state index in [-0.39, 0.29) is 5.92 Å². The van der Waals surface area contributed by atoms with Crippen molar-refractivity contribution in [1.29, 1.82) is 0 Å². The smallest absolute Gasteiger partial charge is 0.0768 e. The topological polar surface area (TPSA) is 29.3 Å². The molecule has 1 unspecified atom stereocenters. The SMILES string of the molecule is CCN(Cc1ccccc1C)CC(C)C(N)=S.